The number of furan rings is 1. The minimum absolute atomic E-state index is 0.778. The first kappa shape index (κ1) is 10.0. The summed E-state index contributed by atoms with van der Waals surface area (Å²) in [5, 5.41) is 0. The van der Waals surface area contributed by atoms with Crippen LogP contribution in [0.3, 0.4) is 0 Å². The summed E-state index contributed by atoms with van der Waals surface area (Å²) in [6.07, 6.45) is 2.50. The first-order chi connectivity index (χ1) is 8.38. The van der Waals surface area contributed by atoms with Crippen LogP contribution in [0.5, 0.6) is 0 Å². The SMILES string of the molecule is CCc1nc2ccccc2nc1-c1ccco1. The summed E-state index contributed by atoms with van der Waals surface area (Å²) in [6, 6.07) is 11.7. The maximum absolute atomic E-state index is 5.41. The van der Waals surface area contributed by atoms with E-state index in [-0.39, 0.29) is 0 Å². The monoisotopic (exact) mass is 224 g/mol. The molecule has 0 aliphatic carbocycles. The first-order valence-electron chi connectivity index (χ1n) is 5.68. The molecule has 0 aliphatic heterocycles. The Balaban J connectivity index is 2.29. The van der Waals surface area contributed by atoms with E-state index in [4.69, 9.17) is 4.42 Å². The van der Waals surface area contributed by atoms with Gasteiger partial charge in [-0.1, -0.05) is 19.1 Å². The number of nitrogens with zero attached hydrogens (tertiary/aromatic N) is 2. The topological polar surface area (TPSA) is 38.9 Å². The van der Waals surface area contributed by atoms with Crippen molar-refractivity contribution in [1.82, 2.24) is 9.97 Å². The van der Waals surface area contributed by atoms with Gasteiger partial charge in [0.2, 0.25) is 0 Å². The van der Waals surface area contributed by atoms with Gasteiger partial charge in [-0.05, 0) is 30.7 Å². The molecule has 84 valence electrons. The highest BCUT2D eigenvalue weighted by atomic mass is 16.3. The molecule has 3 heteroatoms. The van der Waals surface area contributed by atoms with Crippen LogP contribution >= 0.6 is 0 Å². The fraction of sp³-hybridized carbons (Fsp3) is 0.143. The Kier molecular flexibility index (Phi) is 2.37. The van der Waals surface area contributed by atoms with Crippen LogP contribution in [0, 0.1) is 0 Å². The average Bonchev–Trinajstić information content (AvgIpc) is 2.91. The molecule has 0 amide bonds. The Labute approximate surface area is 99.1 Å². The number of benzene rings is 1. The normalized spacial score (nSPS) is 10.9. The van der Waals surface area contributed by atoms with E-state index in [0.717, 1.165) is 34.6 Å². The highest BCUT2D eigenvalue weighted by molar-refractivity contribution is 5.77. The molecule has 3 nitrogen and oxygen atoms in total. The molecular formula is C14H12N2O. The van der Waals surface area contributed by atoms with Gasteiger partial charge < -0.3 is 4.42 Å². The van der Waals surface area contributed by atoms with Crippen LogP contribution in [0.2, 0.25) is 0 Å². The summed E-state index contributed by atoms with van der Waals surface area (Å²) in [6.45, 7) is 2.07. The minimum atomic E-state index is 0.778. The van der Waals surface area contributed by atoms with Crippen LogP contribution in [-0.2, 0) is 6.42 Å². The summed E-state index contributed by atoms with van der Waals surface area (Å²) in [4.78, 5) is 9.26. The van der Waals surface area contributed by atoms with E-state index in [1.54, 1.807) is 6.26 Å². The van der Waals surface area contributed by atoms with E-state index < -0.39 is 0 Å². The molecule has 0 bridgehead atoms. The highest BCUT2D eigenvalue weighted by Gasteiger charge is 2.11. The van der Waals surface area contributed by atoms with Gasteiger partial charge in [0.1, 0.15) is 5.69 Å². The summed E-state index contributed by atoms with van der Waals surface area (Å²) in [5.74, 6) is 0.778. The van der Waals surface area contributed by atoms with E-state index in [1.165, 1.54) is 0 Å². The number of hydrogen-bond donors (Lipinski definition) is 0. The molecule has 0 saturated carbocycles. The van der Waals surface area contributed by atoms with E-state index in [2.05, 4.69) is 16.9 Å². The van der Waals surface area contributed by atoms with Crippen molar-refractivity contribution in [2.45, 2.75) is 13.3 Å². The molecule has 0 spiro atoms. The zero-order chi connectivity index (χ0) is 11.7. The predicted molar refractivity (Wildman–Crippen MR) is 66.6 cm³/mol. The van der Waals surface area contributed by atoms with Gasteiger partial charge in [0.05, 0.1) is 23.0 Å². The van der Waals surface area contributed by atoms with Crippen LogP contribution in [0.15, 0.2) is 47.1 Å². The molecule has 3 aromatic rings. The van der Waals surface area contributed by atoms with Gasteiger partial charge in [-0.3, -0.25) is 0 Å². The molecule has 1 aromatic carbocycles. The van der Waals surface area contributed by atoms with Crippen molar-refractivity contribution < 1.29 is 4.42 Å². The molecule has 3 rings (SSSR count). The van der Waals surface area contributed by atoms with Crippen molar-refractivity contribution >= 4 is 11.0 Å². The molecule has 2 heterocycles. The fourth-order valence-electron chi connectivity index (χ4n) is 1.89. The Morgan fingerprint density at radius 3 is 2.41 bits per heavy atom. The van der Waals surface area contributed by atoms with Crippen molar-refractivity contribution in [3.8, 4) is 11.5 Å². The third-order valence-corrected chi connectivity index (χ3v) is 2.73. The lowest BCUT2D eigenvalue weighted by molar-refractivity contribution is 0.579. The van der Waals surface area contributed by atoms with Gasteiger partial charge >= 0.3 is 0 Å². The molecule has 0 atom stereocenters. The first-order valence-corrected chi connectivity index (χ1v) is 5.68. The zero-order valence-corrected chi connectivity index (χ0v) is 9.55. The number of aryl methyl sites for hydroxylation is 1. The van der Waals surface area contributed by atoms with Gasteiger partial charge in [0.15, 0.2) is 5.76 Å². The lowest BCUT2D eigenvalue weighted by Gasteiger charge is -2.05. The van der Waals surface area contributed by atoms with Gasteiger partial charge in [-0.15, -0.1) is 0 Å². The Morgan fingerprint density at radius 2 is 1.76 bits per heavy atom. The lowest BCUT2D eigenvalue weighted by Crippen LogP contribution is -1.96. The van der Waals surface area contributed by atoms with Gasteiger partial charge in [0, 0.05) is 0 Å². The van der Waals surface area contributed by atoms with Gasteiger partial charge in [0.25, 0.3) is 0 Å². The second-order valence-corrected chi connectivity index (χ2v) is 3.84. The van der Waals surface area contributed by atoms with E-state index >= 15 is 0 Å². The predicted octanol–water partition coefficient (Wildman–Crippen LogP) is 3.45. The number of hydrogen-bond acceptors (Lipinski definition) is 3. The Bertz CT molecular complexity index is 644. The highest BCUT2D eigenvalue weighted by Crippen LogP contribution is 2.23. The number of rotatable bonds is 2. The molecule has 0 unspecified atom stereocenters. The summed E-state index contributed by atoms with van der Waals surface area (Å²) in [7, 11) is 0. The molecule has 0 N–H and O–H groups in total. The van der Waals surface area contributed by atoms with Gasteiger partial charge in [-0.25, -0.2) is 9.97 Å². The van der Waals surface area contributed by atoms with Crippen molar-refractivity contribution in [2.75, 3.05) is 0 Å². The van der Waals surface area contributed by atoms with Crippen molar-refractivity contribution in [2.24, 2.45) is 0 Å². The Morgan fingerprint density at radius 1 is 1.00 bits per heavy atom. The fourth-order valence-corrected chi connectivity index (χ4v) is 1.89. The van der Waals surface area contributed by atoms with Crippen LogP contribution in [0.1, 0.15) is 12.6 Å². The van der Waals surface area contributed by atoms with Crippen LogP contribution in [0.25, 0.3) is 22.5 Å². The van der Waals surface area contributed by atoms with Gasteiger partial charge in [-0.2, -0.15) is 0 Å². The van der Waals surface area contributed by atoms with Crippen LogP contribution in [0.4, 0.5) is 0 Å². The molecule has 0 aliphatic rings. The van der Waals surface area contributed by atoms with Crippen molar-refractivity contribution in [1.29, 1.82) is 0 Å². The lowest BCUT2D eigenvalue weighted by atomic mass is 10.2. The van der Waals surface area contributed by atoms with E-state index in [1.807, 2.05) is 36.4 Å². The summed E-state index contributed by atoms with van der Waals surface area (Å²) in [5.41, 5.74) is 3.64. The molecule has 2 aromatic heterocycles. The van der Waals surface area contributed by atoms with Crippen molar-refractivity contribution in [3.63, 3.8) is 0 Å². The maximum Gasteiger partial charge on any atom is 0.154 e. The van der Waals surface area contributed by atoms with Crippen LogP contribution in [-0.4, -0.2) is 9.97 Å². The average molecular weight is 224 g/mol. The number of aromatic nitrogens is 2. The smallest absolute Gasteiger partial charge is 0.154 e. The standard InChI is InChI=1S/C14H12N2O/c1-2-10-14(13-8-5-9-17-13)16-12-7-4-3-6-11(12)15-10/h3-9H,2H2,1H3. The number of para-hydroxylation sites is 2. The third-order valence-electron chi connectivity index (χ3n) is 2.73. The minimum Gasteiger partial charge on any atom is -0.463 e. The quantitative estimate of drug-likeness (QED) is 0.669. The molecule has 0 radical (unpaired) electrons. The molecular weight excluding hydrogens is 212 g/mol. The molecule has 0 fully saturated rings. The van der Waals surface area contributed by atoms with E-state index in [9.17, 15) is 0 Å². The largest absolute Gasteiger partial charge is 0.463 e. The van der Waals surface area contributed by atoms with Crippen LogP contribution < -0.4 is 0 Å². The second kappa shape index (κ2) is 4.01. The third kappa shape index (κ3) is 1.69. The Hall–Kier alpha value is -2.16. The summed E-state index contributed by atoms with van der Waals surface area (Å²) >= 11 is 0. The number of fused-ring (bicyclic) bond motifs is 1. The summed E-state index contributed by atoms with van der Waals surface area (Å²) < 4.78 is 5.41. The van der Waals surface area contributed by atoms with Crippen molar-refractivity contribution in [3.05, 3.63) is 48.4 Å². The molecule has 0 saturated heterocycles. The second-order valence-electron chi connectivity index (χ2n) is 3.84. The zero-order valence-electron chi connectivity index (χ0n) is 9.55. The molecule has 17 heavy (non-hydrogen) atoms. The maximum atomic E-state index is 5.41. The van der Waals surface area contributed by atoms with E-state index in [0.29, 0.717) is 0 Å².